The minimum absolute atomic E-state index is 0.00949. The summed E-state index contributed by atoms with van der Waals surface area (Å²) in [6.07, 6.45) is 11.8. The van der Waals surface area contributed by atoms with Gasteiger partial charge in [-0.05, 0) is 57.3 Å². The zero-order chi connectivity index (χ0) is 16.5. The van der Waals surface area contributed by atoms with E-state index in [9.17, 15) is 4.79 Å². The molecule has 2 saturated carbocycles. The Balaban J connectivity index is 1.44. The Kier molecular flexibility index (Phi) is 4.42. The van der Waals surface area contributed by atoms with Gasteiger partial charge in [0, 0.05) is 25.3 Å². The van der Waals surface area contributed by atoms with Gasteiger partial charge >= 0.3 is 0 Å². The number of aromatic nitrogens is 2. The number of carbonyl (C=O) groups excluding carboxylic acids is 1. The highest BCUT2D eigenvalue weighted by Gasteiger charge is 2.39. The summed E-state index contributed by atoms with van der Waals surface area (Å²) >= 11 is 0. The van der Waals surface area contributed by atoms with Crippen LogP contribution in [0.25, 0.3) is 0 Å². The first-order valence-electron chi connectivity index (χ1n) is 9.62. The summed E-state index contributed by atoms with van der Waals surface area (Å²) in [6.45, 7) is 3.98. The Bertz CT molecular complexity index is 611. The van der Waals surface area contributed by atoms with Crippen LogP contribution in [0.15, 0.2) is 6.20 Å². The van der Waals surface area contributed by atoms with E-state index in [4.69, 9.17) is 0 Å². The maximum Gasteiger partial charge on any atom is 0.254 e. The molecule has 1 aromatic heterocycles. The Morgan fingerprint density at radius 2 is 1.96 bits per heavy atom. The second kappa shape index (κ2) is 6.69. The first-order valence-corrected chi connectivity index (χ1v) is 9.62. The average molecular weight is 328 g/mol. The molecule has 1 aliphatic heterocycles. The summed E-state index contributed by atoms with van der Waals surface area (Å²) in [5, 5.41) is 3.27. The summed E-state index contributed by atoms with van der Waals surface area (Å²) < 4.78 is 0. The predicted octanol–water partition coefficient (Wildman–Crippen LogP) is 3.08. The third kappa shape index (κ3) is 3.01. The number of hydrogen-bond acceptors (Lipinski definition) is 4. The molecule has 5 heteroatoms. The summed E-state index contributed by atoms with van der Waals surface area (Å²) in [5.74, 6) is 2.33. The number of rotatable bonds is 3. The van der Waals surface area contributed by atoms with Crippen LogP contribution >= 0.6 is 0 Å². The van der Waals surface area contributed by atoms with E-state index in [0.29, 0.717) is 17.5 Å². The molecule has 3 fully saturated rings. The maximum atomic E-state index is 12.7. The van der Waals surface area contributed by atoms with Gasteiger partial charge in [0.05, 0.1) is 11.3 Å². The average Bonchev–Trinajstić information content (AvgIpc) is 3.20. The first-order chi connectivity index (χ1) is 11.7. The standard InChI is InChI=1S/C19H28N4O/c1-13-16(12-20-19(21-13)23-10-3-2-4-11-23)18(24)22-17-9-8-14-6-5-7-15(14)17/h12,14-15,17H,2-11H2,1H3,(H,22,24)/t14-,15-,17-/m1/s1. The minimum Gasteiger partial charge on any atom is -0.349 e. The number of nitrogens with zero attached hydrogens (tertiary/aromatic N) is 3. The molecule has 1 amide bonds. The lowest BCUT2D eigenvalue weighted by Crippen LogP contribution is -2.38. The molecule has 3 atom stereocenters. The topological polar surface area (TPSA) is 58.1 Å². The number of amides is 1. The molecule has 0 aromatic carbocycles. The highest BCUT2D eigenvalue weighted by Crippen LogP contribution is 2.44. The number of fused-ring (bicyclic) bond motifs is 1. The van der Waals surface area contributed by atoms with Gasteiger partial charge in [-0.1, -0.05) is 12.8 Å². The fraction of sp³-hybridized carbons (Fsp3) is 0.737. The van der Waals surface area contributed by atoms with Crippen molar-refractivity contribution in [1.82, 2.24) is 15.3 Å². The van der Waals surface area contributed by atoms with E-state index in [1.807, 2.05) is 6.92 Å². The van der Waals surface area contributed by atoms with Gasteiger partial charge in [-0.3, -0.25) is 4.79 Å². The van der Waals surface area contributed by atoms with Crippen LogP contribution in [-0.4, -0.2) is 35.0 Å². The molecule has 1 N–H and O–H groups in total. The van der Waals surface area contributed by atoms with E-state index < -0.39 is 0 Å². The van der Waals surface area contributed by atoms with E-state index in [0.717, 1.165) is 37.1 Å². The molecular formula is C19H28N4O. The molecule has 4 rings (SSSR count). The third-order valence-corrected chi connectivity index (χ3v) is 6.25. The van der Waals surface area contributed by atoms with Gasteiger partial charge in [0.25, 0.3) is 5.91 Å². The monoisotopic (exact) mass is 328 g/mol. The van der Waals surface area contributed by atoms with Crippen molar-refractivity contribution in [1.29, 1.82) is 0 Å². The van der Waals surface area contributed by atoms with Crippen molar-refractivity contribution in [3.8, 4) is 0 Å². The summed E-state index contributed by atoms with van der Waals surface area (Å²) in [4.78, 5) is 24.0. The van der Waals surface area contributed by atoms with Crippen molar-refractivity contribution < 1.29 is 4.79 Å². The number of hydrogen-bond donors (Lipinski definition) is 1. The minimum atomic E-state index is 0.00949. The van der Waals surface area contributed by atoms with Crippen molar-refractivity contribution in [2.24, 2.45) is 11.8 Å². The highest BCUT2D eigenvalue weighted by molar-refractivity contribution is 5.95. The van der Waals surface area contributed by atoms with Crippen LogP contribution in [0.4, 0.5) is 5.95 Å². The van der Waals surface area contributed by atoms with Crippen LogP contribution in [-0.2, 0) is 0 Å². The lowest BCUT2D eigenvalue weighted by Gasteiger charge is -2.27. The number of anilines is 1. The lowest BCUT2D eigenvalue weighted by atomic mass is 9.97. The molecule has 24 heavy (non-hydrogen) atoms. The van der Waals surface area contributed by atoms with Gasteiger partial charge in [-0.15, -0.1) is 0 Å². The van der Waals surface area contributed by atoms with Crippen molar-refractivity contribution >= 4 is 11.9 Å². The smallest absolute Gasteiger partial charge is 0.254 e. The van der Waals surface area contributed by atoms with Gasteiger partial charge in [0.1, 0.15) is 0 Å². The summed E-state index contributed by atoms with van der Waals surface area (Å²) in [7, 11) is 0. The summed E-state index contributed by atoms with van der Waals surface area (Å²) in [5.41, 5.74) is 1.43. The highest BCUT2D eigenvalue weighted by atomic mass is 16.1. The quantitative estimate of drug-likeness (QED) is 0.926. The fourth-order valence-electron chi connectivity index (χ4n) is 4.91. The Labute approximate surface area is 144 Å². The van der Waals surface area contributed by atoms with Gasteiger partial charge in [0.2, 0.25) is 5.95 Å². The van der Waals surface area contributed by atoms with Crippen molar-refractivity contribution in [2.45, 2.75) is 64.3 Å². The van der Waals surface area contributed by atoms with Crippen molar-refractivity contribution in [3.63, 3.8) is 0 Å². The van der Waals surface area contributed by atoms with Crippen molar-refractivity contribution in [2.75, 3.05) is 18.0 Å². The van der Waals surface area contributed by atoms with E-state index in [2.05, 4.69) is 20.2 Å². The number of carbonyl (C=O) groups is 1. The second-order valence-electron chi connectivity index (χ2n) is 7.73. The van der Waals surface area contributed by atoms with Crippen LogP contribution in [0.1, 0.15) is 67.4 Å². The van der Waals surface area contributed by atoms with Crippen LogP contribution in [0.5, 0.6) is 0 Å². The Morgan fingerprint density at radius 1 is 1.12 bits per heavy atom. The molecule has 130 valence electrons. The maximum absolute atomic E-state index is 12.7. The van der Waals surface area contributed by atoms with Gasteiger partial charge in [-0.25, -0.2) is 9.97 Å². The van der Waals surface area contributed by atoms with Gasteiger partial charge < -0.3 is 10.2 Å². The zero-order valence-corrected chi connectivity index (χ0v) is 14.6. The second-order valence-corrected chi connectivity index (χ2v) is 7.73. The fourth-order valence-corrected chi connectivity index (χ4v) is 4.91. The van der Waals surface area contributed by atoms with Gasteiger partial charge in [0.15, 0.2) is 0 Å². The molecule has 5 nitrogen and oxygen atoms in total. The first kappa shape index (κ1) is 15.9. The predicted molar refractivity (Wildman–Crippen MR) is 94.2 cm³/mol. The molecule has 1 aromatic rings. The van der Waals surface area contributed by atoms with E-state index in [1.54, 1.807) is 6.20 Å². The number of piperidine rings is 1. The number of nitrogens with one attached hydrogen (secondary N) is 1. The molecule has 0 unspecified atom stereocenters. The third-order valence-electron chi connectivity index (χ3n) is 6.25. The molecule has 0 radical (unpaired) electrons. The molecule has 3 aliphatic rings. The van der Waals surface area contributed by atoms with Crippen LogP contribution in [0.2, 0.25) is 0 Å². The molecule has 2 heterocycles. The molecule has 1 saturated heterocycles. The van der Waals surface area contributed by atoms with E-state index >= 15 is 0 Å². The lowest BCUT2D eigenvalue weighted by molar-refractivity contribution is 0.0925. The van der Waals surface area contributed by atoms with Crippen LogP contribution < -0.4 is 10.2 Å². The van der Waals surface area contributed by atoms with Crippen molar-refractivity contribution in [3.05, 3.63) is 17.5 Å². The molecule has 0 spiro atoms. The van der Waals surface area contributed by atoms with Crippen LogP contribution in [0.3, 0.4) is 0 Å². The molecular weight excluding hydrogens is 300 g/mol. The van der Waals surface area contributed by atoms with E-state index in [-0.39, 0.29) is 5.91 Å². The molecule has 0 bridgehead atoms. The SMILES string of the molecule is Cc1nc(N2CCCCC2)ncc1C(=O)N[C@@H]1CC[C@H]2CCC[C@H]21. The zero-order valence-electron chi connectivity index (χ0n) is 14.6. The largest absolute Gasteiger partial charge is 0.349 e. The Hall–Kier alpha value is -1.65. The summed E-state index contributed by atoms with van der Waals surface area (Å²) in [6, 6.07) is 0.353. The van der Waals surface area contributed by atoms with Gasteiger partial charge in [-0.2, -0.15) is 0 Å². The van der Waals surface area contributed by atoms with E-state index in [1.165, 1.54) is 44.9 Å². The van der Waals surface area contributed by atoms with Crippen LogP contribution in [0, 0.1) is 18.8 Å². The Morgan fingerprint density at radius 3 is 2.75 bits per heavy atom. The normalized spacial score (nSPS) is 29.5. The number of aryl methyl sites for hydroxylation is 1. The molecule has 2 aliphatic carbocycles.